The summed E-state index contributed by atoms with van der Waals surface area (Å²) in [6.45, 7) is 0. The van der Waals surface area contributed by atoms with Crippen LogP contribution in [0.15, 0.2) is 41.3 Å². The smallest absolute Gasteiger partial charge is 0.342 e. The first-order valence-corrected chi connectivity index (χ1v) is 5.46. The molecular weight excluding hydrogens is 212 g/mol. The van der Waals surface area contributed by atoms with Crippen molar-refractivity contribution in [1.82, 2.24) is 0 Å². The molecule has 4 heteroatoms. The van der Waals surface area contributed by atoms with Crippen molar-refractivity contribution in [1.29, 1.82) is 0 Å². The molecule has 0 aliphatic rings. The number of carbonyl (C=O) groups is 2. The van der Waals surface area contributed by atoms with Crippen LogP contribution < -0.4 is 0 Å². The van der Waals surface area contributed by atoms with Crippen molar-refractivity contribution in [2.45, 2.75) is 0 Å². The fourth-order valence-electron chi connectivity index (χ4n) is 1.01. The Kier molecular flexibility index (Phi) is 4.12. The molecule has 0 bridgehead atoms. The van der Waals surface area contributed by atoms with Crippen LogP contribution in [0.1, 0.15) is 10.4 Å². The third kappa shape index (κ3) is 3.25. The Hall–Kier alpha value is -1.55. The minimum absolute atomic E-state index is 0.0452. The van der Waals surface area contributed by atoms with Gasteiger partial charge in [0.25, 0.3) is 0 Å². The third-order valence-corrected chi connectivity index (χ3v) is 2.48. The quantitative estimate of drug-likeness (QED) is 0.626. The summed E-state index contributed by atoms with van der Waals surface area (Å²) in [5.41, 5.74) is 0.491. The number of carbonyl (C=O) groups excluding carboxylic acids is 1. The molecule has 0 heterocycles. The number of hydrogen-bond donors (Lipinski definition) is 1. The molecule has 78 valence electrons. The summed E-state index contributed by atoms with van der Waals surface area (Å²) in [4.78, 5) is 22.3. The van der Waals surface area contributed by atoms with Crippen LogP contribution in [0.4, 0.5) is 0 Å². The van der Waals surface area contributed by atoms with Gasteiger partial charge in [0.15, 0.2) is 5.78 Å². The van der Waals surface area contributed by atoms with Crippen molar-refractivity contribution in [3.8, 4) is 0 Å². The van der Waals surface area contributed by atoms with E-state index in [1.807, 2.05) is 0 Å². The van der Waals surface area contributed by atoms with E-state index in [9.17, 15) is 9.59 Å². The van der Waals surface area contributed by atoms with Crippen molar-refractivity contribution in [3.63, 3.8) is 0 Å². The van der Waals surface area contributed by atoms with E-state index in [0.29, 0.717) is 5.56 Å². The molecule has 0 aliphatic heterocycles. The van der Waals surface area contributed by atoms with Crippen LogP contribution in [0.25, 0.3) is 0 Å². The van der Waals surface area contributed by atoms with E-state index in [-0.39, 0.29) is 10.7 Å². The Balaban J connectivity index is 2.92. The van der Waals surface area contributed by atoms with Gasteiger partial charge in [0.05, 0.1) is 4.91 Å². The van der Waals surface area contributed by atoms with Crippen LogP contribution in [-0.2, 0) is 4.79 Å². The summed E-state index contributed by atoms with van der Waals surface area (Å²) in [6.07, 6.45) is 2.76. The number of aliphatic carboxylic acids is 1. The van der Waals surface area contributed by atoms with Crippen LogP contribution in [0, 0.1) is 0 Å². The van der Waals surface area contributed by atoms with E-state index in [1.165, 1.54) is 0 Å². The Morgan fingerprint density at radius 3 is 2.33 bits per heavy atom. The lowest BCUT2D eigenvalue weighted by Gasteiger charge is -1.97. The first-order valence-electron chi connectivity index (χ1n) is 4.23. The standard InChI is InChI=1S/C11H10O3S/c1-15-10(11(13)14)7-9(12)8-5-3-2-4-6-8/h2-7H,1H3,(H,13,14)/b10-7-. The number of rotatable bonds is 4. The minimum atomic E-state index is -1.08. The van der Waals surface area contributed by atoms with Gasteiger partial charge in [-0.05, 0) is 6.26 Å². The Bertz CT molecular complexity index is 396. The molecule has 15 heavy (non-hydrogen) atoms. The van der Waals surface area contributed by atoms with Gasteiger partial charge in [-0.15, -0.1) is 11.8 Å². The maximum absolute atomic E-state index is 11.6. The van der Waals surface area contributed by atoms with E-state index >= 15 is 0 Å². The molecule has 1 aromatic rings. The van der Waals surface area contributed by atoms with Crippen molar-refractivity contribution >= 4 is 23.5 Å². The highest BCUT2D eigenvalue weighted by Crippen LogP contribution is 2.13. The van der Waals surface area contributed by atoms with Crippen LogP contribution in [-0.4, -0.2) is 23.1 Å². The molecule has 0 aliphatic carbocycles. The molecule has 0 atom stereocenters. The zero-order valence-electron chi connectivity index (χ0n) is 8.14. The van der Waals surface area contributed by atoms with Gasteiger partial charge in [0, 0.05) is 11.6 Å². The monoisotopic (exact) mass is 222 g/mol. The second-order valence-electron chi connectivity index (χ2n) is 2.75. The van der Waals surface area contributed by atoms with E-state index in [2.05, 4.69) is 0 Å². The molecule has 0 saturated heterocycles. The maximum Gasteiger partial charge on any atom is 0.342 e. The molecule has 0 radical (unpaired) electrons. The predicted octanol–water partition coefficient (Wildman–Crippen LogP) is 2.20. The summed E-state index contributed by atoms with van der Waals surface area (Å²) in [5.74, 6) is -1.37. The van der Waals surface area contributed by atoms with Gasteiger partial charge in [-0.3, -0.25) is 4.79 Å². The van der Waals surface area contributed by atoms with Crippen LogP contribution in [0.2, 0.25) is 0 Å². The Morgan fingerprint density at radius 1 is 1.27 bits per heavy atom. The summed E-state index contributed by atoms with van der Waals surface area (Å²) >= 11 is 1.04. The zero-order valence-corrected chi connectivity index (χ0v) is 8.95. The highest BCUT2D eigenvalue weighted by atomic mass is 32.2. The number of allylic oxidation sites excluding steroid dienone is 1. The molecule has 0 amide bonds. The topological polar surface area (TPSA) is 54.4 Å². The van der Waals surface area contributed by atoms with Gasteiger partial charge in [-0.25, -0.2) is 4.79 Å². The predicted molar refractivity (Wildman–Crippen MR) is 60.0 cm³/mol. The van der Waals surface area contributed by atoms with Gasteiger partial charge < -0.3 is 5.11 Å². The molecule has 3 nitrogen and oxygen atoms in total. The molecule has 0 aromatic heterocycles. The van der Waals surface area contributed by atoms with Gasteiger partial charge in [0.1, 0.15) is 0 Å². The highest BCUT2D eigenvalue weighted by molar-refractivity contribution is 8.03. The maximum atomic E-state index is 11.6. The number of hydrogen-bond acceptors (Lipinski definition) is 3. The Morgan fingerprint density at radius 2 is 1.87 bits per heavy atom. The molecule has 1 rings (SSSR count). The van der Waals surface area contributed by atoms with Crippen molar-refractivity contribution in [2.75, 3.05) is 6.26 Å². The van der Waals surface area contributed by atoms with Crippen LogP contribution in [0.3, 0.4) is 0 Å². The normalized spacial score (nSPS) is 11.1. The number of carboxylic acids is 1. The van der Waals surface area contributed by atoms with Crippen molar-refractivity contribution in [3.05, 3.63) is 46.9 Å². The van der Waals surface area contributed by atoms with Crippen molar-refractivity contribution in [2.24, 2.45) is 0 Å². The molecule has 0 spiro atoms. The summed E-state index contributed by atoms with van der Waals surface area (Å²) in [6, 6.07) is 8.58. The summed E-state index contributed by atoms with van der Waals surface area (Å²) in [7, 11) is 0. The third-order valence-electron chi connectivity index (χ3n) is 1.75. The lowest BCUT2D eigenvalue weighted by Crippen LogP contribution is -2.01. The van der Waals surface area contributed by atoms with Gasteiger partial charge >= 0.3 is 5.97 Å². The SMILES string of the molecule is CS/C(=C\C(=O)c1ccccc1)C(=O)O. The fraction of sp³-hybridized carbons (Fsp3) is 0.0909. The highest BCUT2D eigenvalue weighted by Gasteiger charge is 2.09. The van der Waals surface area contributed by atoms with E-state index in [4.69, 9.17) is 5.11 Å². The summed E-state index contributed by atoms with van der Waals surface area (Å²) in [5, 5.41) is 8.73. The lowest BCUT2D eigenvalue weighted by atomic mass is 10.1. The minimum Gasteiger partial charge on any atom is -0.477 e. The molecule has 1 N–H and O–H groups in total. The van der Waals surface area contributed by atoms with Gasteiger partial charge in [-0.1, -0.05) is 30.3 Å². The van der Waals surface area contributed by atoms with Crippen LogP contribution in [0.5, 0.6) is 0 Å². The van der Waals surface area contributed by atoms with Gasteiger partial charge in [-0.2, -0.15) is 0 Å². The molecule has 0 unspecified atom stereocenters. The first-order chi connectivity index (χ1) is 7.15. The van der Waals surface area contributed by atoms with E-state index in [0.717, 1.165) is 17.8 Å². The fourth-order valence-corrected chi connectivity index (χ4v) is 1.41. The second-order valence-corrected chi connectivity index (χ2v) is 3.60. The number of thioether (sulfide) groups is 1. The van der Waals surface area contributed by atoms with E-state index < -0.39 is 5.97 Å². The van der Waals surface area contributed by atoms with Crippen molar-refractivity contribution < 1.29 is 14.7 Å². The number of benzene rings is 1. The largest absolute Gasteiger partial charge is 0.477 e. The number of ketones is 1. The average Bonchev–Trinajstić information content (AvgIpc) is 2.26. The van der Waals surface area contributed by atoms with Crippen LogP contribution >= 0.6 is 11.8 Å². The molecule has 0 fully saturated rings. The zero-order chi connectivity index (χ0) is 11.3. The molecule has 1 aromatic carbocycles. The molecule has 0 saturated carbocycles. The second kappa shape index (κ2) is 5.36. The summed E-state index contributed by atoms with van der Waals surface area (Å²) < 4.78 is 0. The molecular formula is C11H10O3S. The Labute approximate surface area is 91.8 Å². The first kappa shape index (κ1) is 11.5. The van der Waals surface area contributed by atoms with Gasteiger partial charge in [0.2, 0.25) is 0 Å². The van der Waals surface area contributed by atoms with E-state index in [1.54, 1.807) is 36.6 Å². The lowest BCUT2D eigenvalue weighted by molar-refractivity contribution is -0.131. The average molecular weight is 222 g/mol. The number of carboxylic acid groups (broad SMARTS) is 1.